The summed E-state index contributed by atoms with van der Waals surface area (Å²) in [5, 5.41) is 11.9. The molecule has 0 amide bonds. The SMILES string of the molecule is CC(=O)O[C@@H]1C[C@@H]2[C@H](/C=C(\C)C(=O)[C@]3(O)C[C@H](C)[C@@H](OC(=O)c4ccccc4)[C@@H]3C=C1C)C2(C)C. The van der Waals surface area contributed by atoms with Crippen molar-refractivity contribution in [2.24, 2.45) is 29.1 Å². The molecule has 0 aliphatic heterocycles. The first-order valence-electron chi connectivity index (χ1n) is 12.4. The Labute approximate surface area is 207 Å². The molecular formula is C29H36O6. The van der Waals surface area contributed by atoms with Crippen LogP contribution in [0.5, 0.6) is 0 Å². The number of hydrogen-bond acceptors (Lipinski definition) is 6. The number of aliphatic hydroxyl groups is 1. The van der Waals surface area contributed by atoms with Gasteiger partial charge >= 0.3 is 11.9 Å². The summed E-state index contributed by atoms with van der Waals surface area (Å²) >= 11 is 0. The van der Waals surface area contributed by atoms with E-state index in [9.17, 15) is 19.5 Å². The van der Waals surface area contributed by atoms with Gasteiger partial charge in [-0.1, -0.05) is 51.1 Å². The lowest BCUT2D eigenvalue weighted by Crippen LogP contribution is -2.45. The summed E-state index contributed by atoms with van der Waals surface area (Å²) in [5.41, 5.74) is -0.0552. The van der Waals surface area contributed by atoms with E-state index in [1.807, 2.05) is 26.0 Å². The monoisotopic (exact) mass is 480 g/mol. The number of carbonyl (C=O) groups excluding carboxylic acids is 3. The van der Waals surface area contributed by atoms with E-state index in [2.05, 4.69) is 13.8 Å². The number of esters is 2. The van der Waals surface area contributed by atoms with Crippen LogP contribution in [-0.4, -0.2) is 40.6 Å². The van der Waals surface area contributed by atoms with E-state index < -0.39 is 29.7 Å². The predicted molar refractivity (Wildman–Crippen MR) is 131 cm³/mol. The zero-order valence-corrected chi connectivity index (χ0v) is 21.4. The normalized spacial score (nSPS) is 37.5. The Kier molecular flexibility index (Phi) is 6.56. The summed E-state index contributed by atoms with van der Waals surface area (Å²) in [6.45, 7) is 11.2. The first-order chi connectivity index (χ1) is 16.4. The fourth-order valence-corrected chi connectivity index (χ4v) is 6.20. The number of Topliss-reactive ketones (excluding diaryl/α,β-unsaturated/α-hetero) is 1. The minimum atomic E-state index is -1.72. The first-order valence-corrected chi connectivity index (χ1v) is 12.4. The van der Waals surface area contributed by atoms with Crippen molar-refractivity contribution in [3.63, 3.8) is 0 Å². The van der Waals surface area contributed by atoms with Crippen molar-refractivity contribution in [1.29, 1.82) is 0 Å². The second-order valence-electron chi connectivity index (χ2n) is 11.2. The van der Waals surface area contributed by atoms with Crippen molar-refractivity contribution in [3.05, 3.63) is 59.2 Å². The Balaban J connectivity index is 1.76. The molecular weight excluding hydrogens is 444 g/mol. The largest absolute Gasteiger partial charge is 0.458 e. The molecule has 2 saturated carbocycles. The lowest BCUT2D eigenvalue weighted by Gasteiger charge is -2.31. The third-order valence-corrected chi connectivity index (χ3v) is 8.40. The van der Waals surface area contributed by atoms with Gasteiger partial charge in [0.1, 0.15) is 17.8 Å². The van der Waals surface area contributed by atoms with Gasteiger partial charge in [0.25, 0.3) is 0 Å². The molecule has 0 bridgehead atoms. The van der Waals surface area contributed by atoms with Crippen LogP contribution in [-0.2, 0) is 19.1 Å². The van der Waals surface area contributed by atoms with Crippen LogP contribution in [0.2, 0.25) is 0 Å². The van der Waals surface area contributed by atoms with E-state index in [4.69, 9.17) is 9.47 Å². The Morgan fingerprint density at radius 3 is 2.31 bits per heavy atom. The molecule has 0 heterocycles. The number of hydrogen-bond donors (Lipinski definition) is 1. The third kappa shape index (κ3) is 4.61. The molecule has 2 fully saturated rings. The number of benzene rings is 1. The van der Waals surface area contributed by atoms with Crippen molar-refractivity contribution >= 4 is 17.7 Å². The molecule has 0 aromatic heterocycles. The number of ketones is 1. The highest BCUT2D eigenvalue weighted by Crippen LogP contribution is 2.62. The molecule has 6 nitrogen and oxygen atoms in total. The van der Waals surface area contributed by atoms with E-state index in [1.165, 1.54) is 6.92 Å². The zero-order chi connectivity index (χ0) is 25.7. The topological polar surface area (TPSA) is 89.9 Å². The first kappa shape index (κ1) is 25.4. The van der Waals surface area contributed by atoms with Crippen molar-refractivity contribution in [3.8, 4) is 0 Å². The maximum atomic E-state index is 13.7. The zero-order valence-electron chi connectivity index (χ0n) is 21.4. The lowest BCUT2D eigenvalue weighted by molar-refractivity contribution is -0.145. The average molecular weight is 481 g/mol. The average Bonchev–Trinajstić information content (AvgIpc) is 3.20. The Bertz CT molecular complexity index is 1080. The lowest BCUT2D eigenvalue weighted by atomic mass is 9.81. The summed E-state index contributed by atoms with van der Waals surface area (Å²) in [5.74, 6) is -1.81. The number of rotatable bonds is 3. The smallest absolute Gasteiger partial charge is 0.338 e. The van der Waals surface area contributed by atoms with Gasteiger partial charge in [0.2, 0.25) is 0 Å². The van der Waals surface area contributed by atoms with Crippen LogP contribution in [0.4, 0.5) is 0 Å². The highest BCUT2D eigenvalue weighted by Gasteiger charge is 2.60. The summed E-state index contributed by atoms with van der Waals surface area (Å²) in [6.07, 6.45) is 3.40. The fourth-order valence-electron chi connectivity index (χ4n) is 6.20. The summed E-state index contributed by atoms with van der Waals surface area (Å²) in [7, 11) is 0. The molecule has 7 atom stereocenters. The minimum absolute atomic E-state index is 0.0296. The maximum Gasteiger partial charge on any atom is 0.338 e. The molecule has 1 aromatic rings. The molecule has 0 spiro atoms. The number of ether oxygens (including phenoxy) is 2. The van der Waals surface area contributed by atoms with Gasteiger partial charge in [0, 0.05) is 6.92 Å². The molecule has 188 valence electrons. The number of allylic oxidation sites excluding steroid dienone is 1. The van der Waals surface area contributed by atoms with E-state index in [-0.39, 0.29) is 41.3 Å². The summed E-state index contributed by atoms with van der Waals surface area (Å²) in [6, 6.07) is 8.69. The molecule has 3 aliphatic carbocycles. The van der Waals surface area contributed by atoms with Crippen LogP contribution in [0.3, 0.4) is 0 Å². The molecule has 6 heteroatoms. The van der Waals surface area contributed by atoms with Crippen molar-refractivity contribution in [1.82, 2.24) is 0 Å². The van der Waals surface area contributed by atoms with E-state index in [0.717, 1.165) is 5.57 Å². The van der Waals surface area contributed by atoms with E-state index >= 15 is 0 Å². The molecule has 35 heavy (non-hydrogen) atoms. The fraction of sp³-hybridized carbons (Fsp3) is 0.552. The standard InChI is InChI=1S/C29H36O6/c1-16-12-23-25(35-27(32)20-10-8-7-9-11-20)18(3)15-29(23,33)26(31)17(2)13-21-22(28(21,5)6)14-24(16)34-19(4)30/h7-13,18,21-25,33H,14-15H2,1-6H3/b16-12?,17-13+/t18-,21-,22+,23-,24+,25+,29-/m0/s1. The van der Waals surface area contributed by atoms with Gasteiger partial charge in [-0.15, -0.1) is 0 Å². The highest BCUT2D eigenvalue weighted by atomic mass is 16.5. The van der Waals surface area contributed by atoms with Crippen LogP contribution in [0, 0.1) is 29.1 Å². The second kappa shape index (κ2) is 9.05. The molecule has 4 rings (SSSR count). The second-order valence-corrected chi connectivity index (χ2v) is 11.2. The maximum absolute atomic E-state index is 13.7. The Morgan fingerprint density at radius 1 is 1.03 bits per heavy atom. The molecule has 1 aromatic carbocycles. The van der Waals surface area contributed by atoms with Gasteiger partial charge in [-0.2, -0.15) is 0 Å². The molecule has 0 radical (unpaired) electrons. The van der Waals surface area contributed by atoms with Gasteiger partial charge in [-0.25, -0.2) is 4.79 Å². The van der Waals surface area contributed by atoms with Gasteiger partial charge in [-0.05, 0) is 73.1 Å². The highest BCUT2D eigenvalue weighted by molar-refractivity contribution is 6.02. The van der Waals surface area contributed by atoms with E-state index in [0.29, 0.717) is 17.6 Å². The Morgan fingerprint density at radius 2 is 1.69 bits per heavy atom. The van der Waals surface area contributed by atoms with E-state index in [1.54, 1.807) is 37.3 Å². The predicted octanol–water partition coefficient (Wildman–Crippen LogP) is 4.67. The molecule has 0 unspecified atom stereocenters. The third-order valence-electron chi connectivity index (χ3n) is 8.40. The van der Waals surface area contributed by atoms with Crippen LogP contribution in [0.1, 0.15) is 64.7 Å². The number of carbonyl (C=O) groups is 3. The van der Waals surface area contributed by atoms with Crippen LogP contribution >= 0.6 is 0 Å². The van der Waals surface area contributed by atoms with Crippen molar-refractivity contribution in [2.45, 2.75) is 72.2 Å². The van der Waals surface area contributed by atoms with Crippen molar-refractivity contribution < 1.29 is 29.0 Å². The van der Waals surface area contributed by atoms with Gasteiger partial charge < -0.3 is 14.6 Å². The molecule has 0 saturated heterocycles. The van der Waals surface area contributed by atoms with Gasteiger partial charge in [0.05, 0.1) is 11.5 Å². The van der Waals surface area contributed by atoms with Crippen LogP contribution in [0.15, 0.2) is 53.6 Å². The van der Waals surface area contributed by atoms with Gasteiger partial charge in [0.15, 0.2) is 5.78 Å². The summed E-state index contributed by atoms with van der Waals surface area (Å²) < 4.78 is 11.6. The van der Waals surface area contributed by atoms with Crippen LogP contribution in [0.25, 0.3) is 0 Å². The van der Waals surface area contributed by atoms with Crippen molar-refractivity contribution in [2.75, 3.05) is 0 Å². The van der Waals surface area contributed by atoms with Crippen LogP contribution < -0.4 is 0 Å². The Hall–Kier alpha value is -2.73. The number of fused-ring (bicyclic) bond motifs is 2. The molecule has 1 N–H and O–H groups in total. The molecule has 3 aliphatic rings. The summed E-state index contributed by atoms with van der Waals surface area (Å²) in [4.78, 5) is 38.6. The minimum Gasteiger partial charge on any atom is -0.458 e. The quantitative estimate of drug-likeness (QED) is 0.500. The van der Waals surface area contributed by atoms with Gasteiger partial charge in [-0.3, -0.25) is 9.59 Å².